The van der Waals surface area contributed by atoms with Crippen molar-refractivity contribution in [2.24, 2.45) is 5.41 Å². The van der Waals surface area contributed by atoms with E-state index < -0.39 is 0 Å². The van der Waals surface area contributed by atoms with E-state index in [2.05, 4.69) is 17.3 Å². The number of fused-ring (bicyclic) bond motifs is 1. The first-order valence-electron chi connectivity index (χ1n) is 8.73. The van der Waals surface area contributed by atoms with Crippen molar-refractivity contribution in [3.63, 3.8) is 0 Å². The summed E-state index contributed by atoms with van der Waals surface area (Å²) in [5.74, 6) is 0.261. The van der Waals surface area contributed by atoms with E-state index in [9.17, 15) is 4.39 Å². The Hall–Kier alpha value is -2.11. The minimum atomic E-state index is -0.300. The maximum atomic E-state index is 14.2. The van der Waals surface area contributed by atoms with Crippen molar-refractivity contribution in [1.29, 1.82) is 0 Å². The lowest BCUT2D eigenvalue weighted by molar-refractivity contribution is -0.00000612. The topological polar surface area (TPSA) is 39.1 Å². The van der Waals surface area contributed by atoms with E-state index in [0.717, 1.165) is 36.8 Å². The molecule has 138 valence electrons. The van der Waals surface area contributed by atoms with Gasteiger partial charge in [0.05, 0.1) is 17.5 Å². The standard InChI is InChI=1S/C20H22FN3O.ClH/c1-20(11-6-12-22-13-20)14-25-19-15-7-2-4-9-17(15)24(23-19)18-10-5-3-8-16(18)21;/h2-5,7-10,22H,6,11-14H2,1H3;1H. The summed E-state index contributed by atoms with van der Waals surface area (Å²) >= 11 is 0. The van der Waals surface area contributed by atoms with E-state index >= 15 is 0 Å². The van der Waals surface area contributed by atoms with Crippen LogP contribution in [0.1, 0.15) is 21.2 Å². The molecule has 1 aliphatic rings. The zero-order chi connectivity index (χ0) is 17.3. The Morgan fingerprint density at radius 3 is 2.77 bits per heavy atom. The van der Waals surface area contributed by atoms with Crippen molar-refractivity contribution in [3.8, 4) is 11.6 Å². The maximum Gasteiger partial charge on any atom is 1.00 e. The van der Waals surface area contributed by atoms with Gasteiger partial charge in [-0.1, -0.05) is 31.2 Å². The molecule has 4 nitrogen and oxygen atoms in total. The van der Waals surface area contributed by atoms with Crippen LogP contribution < -0.4 is 22.5 Å². The first-order valence-corrected chi connectivity index (χ1v) is 8.73. The van der Waals surface area contributed by atoms with Gasteiger partial charge in [-0.15, -0.1) is 5.10 Å². The van der Waals surface area contributed by atoms with E-state index in [1.165, 1.54) is 6.07 Å². The average molecular weight is 376 g/mol. The first-order chi connectivity index (χ1) is 12.2. The molecular formula is C20H23ClFN3O. The number of para-hydroxylation sites is 2. The summed E-state index contributed by atoms with van der Waals surface area (Å²) in [7, 11) is 0. The molecule has 0 saturated carbocycles. The fraction of sp³-hybridized carbons (Fsp3) is 0.350. The van der Waals surface area contributed by atoms with Gasteiger partial charge in [0.25, 0.3) is 0 Å². The van der Waals surface area contributed by atoms with Crippen LogP contribution in [-0.2, 0) is 0 Å². The Labute approximate surface area is 160 Å². The zero-order valence-corrected chi connectivity index (χ0v) is 15.5. The smallest absolute Gasteiger partial charge is 1.00 e. The number of piperidine rings is 1. The second-order valence-corrected chi connectivity index (χ2v) is 7.07. The van der Waals surface area contributed by atoms with Gasteiger partial charge in [0.15, 0.2) is 0 Å². The lowest BCUT2D eigenvalue weighted by atomic mass is 9.84. The molecule has 1 N–H and O–H groups in total. The molecule has 2 aromatic carbocycles. The summed E-state index contributed by atoms with van der Waals surface area (Å²) in [4.78, 5) is 0. The van der Waals surface area contributed by atoms with E-state index in [0.29, 0.717) is 18.2 Å². The molecule has 6 heteroatoms. The maximum absolute atomic E-state index is 14.2. The van der Waals surface area contributed by atoms with Gasteiger partial charge >= 0.3 is 1.43 Å². The molecule has 2 heterocycles. The van der Waals surface area contributed by atoms with Crippen molar-refractivity contribution < 1.29 is 23.0 Å². The Morgan fingerprint density at radius 2 is 2.00 bits per heavy atom. The molecule has 3 aromatic rings. The van der Waals surface area contributed by atoms with Crippen molar-refractivity contribution in [1.82, 2.24) is 15.1 Å². The summed E-state index contributed by atoms with van der Waals surface area (Å²) in [5, 5.41) is 8.90. The molecule has 4 rings (SSSR count). The molecular weight excluding hydrogens is 353 g/mol. The van der Waals surface area contributed by atoms with Crippen molar-refractivity contribution in [2.45, 2.75) is 19.8 Å². The summed E-state index contributed by atoms with van der Waals surface area (Å²) in [5.41, 5.74) is 1.37. The molecule has 0 amide bonds. The zero-order valence-electron chi connectivity index (χ0n) is 15.7. The average Bonchev–Trinajstić information content (AvgIpc) is 3.00. The number of benzene rings is 2. The predicted octanol–water partition coefficient (Wildman–Crippen LogP) is 1.05. The van der Waals surface area contributed by atoms with E-state index in [1.54, 1.807) is 16.8 Å². The van der Waals surface area contributed by atoms with Gasteiger partial charge in [0, 0.05) is 12.0 Å². The monoisotopic (exact) mass is 375 g/mol. The fourth-order valence-electron chi connectivity index (χ4n) is 3.44. The second-order valence-electron chi connectivity index (χ2n) is 7.07. The van der Waals surface area contributed by atoms with Crippen LogP contribution in [0.3, 0.4) is 0 Å². The van der Waals surface area contributed by atoms with Crippen molar-refractivity contribution >= 4 is 10.9 Å². The molecule has 0 bridgehead atoms. The molecule has 1 fully saturated rings. The van der Waals surface area contributed by atoms with Crippen molar-refractivity contribution in [2.75, 3.05) is 19.7 Å². The number of nitrogens with zero attached hydrogens (tertiary/aromatic N) is 2. The fourth-order valence-corrected chi connectivity index (χ4v) is 3.44. The Kier molecular flexibility index (Phi) is 5.49. The Morgan fingerprint density at radius 1 is 1.23 bits per heavy atom. The SMILES string of the molecule is CC1(COc2nn(-c3ccccc3F)c3ccccc23)CCCNC1.[Cl-].[H+]. The predicted molar refractivity (Wildman–Crippen MR) is 97.8 cm³/mol. The second kappa shape index (κ2) is 7.64. The highest BCUT2D eigenvalue weighted by Gasteiger charge is 2.28. The van der Waals surface area contributed by atoms with Crippen LogP contribution in [0.25, 0.3) is 16.6 Å². The Balaban J connectivity index is 0.00000131. The third kappa shape index (κ3) is 3.55. The first kappa shape index (κ1) is 18.7. The number of rotatable bonds is 4. The van der Waals surface area contributed by atoms with E-state index in [4.69, 9.17) is 4.74 Å². The highest BCUT2D eigenvalue weighted by Crippen LogP contribution is 2.31. The number of nitrogens with one attached hydrogen (secondary N) is 1. The van der Waals surface area contributed by atoms with Gasteiger partial charge in [0.1, 0.15) is 11.5 Å². The van der Waals surface area contributed by atoms with Crippen LogP contribution >= 0.6 is 0 Å². The molecule has 26 heavy (non-hydrogen) atoms. The number of hydrogen-bond acceptors (Lipinski definition) is 3. The summed E-state index contributed by atoms with van der Waals surface area (Å²) < 4.78 is 22.0. The van der Waals surface area contributed by atoms with Crippen LogP contribution in [0, 0.1) is 11.2 Å². The van der Waals surface area contributed by atoms with Gasteiger partial charge in [-0.3, -0.25) is 0 Å². The van der Waals surface area contributed by atoms with E-state index in [1.807, 2.05) is 30.3 Å². The minimum Gasteiger partial charge on any atom is -1.00 e. The molecule has 1 saturated heterocycles. The highest BCUT2D eigenvalue weighted by molar-refractivity contribution is 5.86. The lowest BCUT2D eigenvalue weighted by Crippen LogP contribution is -3.00. The van der Waals surface area contributed by atoms with E-state index in [-0.39, 0.29) is 25.1 Å². The number of ether oxygens (including phenoxy) is 1. The molecule has 1 unspecified atom stereocenters. The third-order valence-corrected chi connectivity index (χ3v) is 4.88. The quantitative estimate of drug-likeness (QED) is 0.741. The largest absolute Gasteiger partial charge is 1.00 e. The molecule has 1 atom stereocenters. The minimum absolute atomic E-state index is 0. The molecule has 0 spiro atoms. The lowest BCUT2D eigenvalue weighted by Gasteiger charge is -2.33. The molecule has 1 aliphatic heterocycles. The molecule has 0 radical (unpaired) electrons. The van der Waals surface area contributed by atoms with Gasteiger partial charge < -0.3 is 22.5 Å². The van der Waals surface area contributed by atoms with Crippen LogP contribution in [-0.4, -0.2) is 29.5 Å². The van der Waals surface area contributed by atoms with Crippen LogP contribution in [0.15, 0.2) is 48.5 Å². The van der Waals surface area contributed by atoms with Gasteiger partial charge in [-0.25, -0.2) is 9.07 Å². The van der Waals surface area contributed by atoms with Crippen molar-refractivity contribution in [3.05, 3.63) is 54.3 Å². The van der Waals surface area contributed by atoms with Crippen LogP contribution in [0.4, 0.5) is 4.39 Å². The van der Waals surface area contributed by atoms with Gasteiger partial charge in [0.2, 0.25) is 5.88 Å². The highest BCUT2D eigenvalue weighted by atomic mass is 35.5. The van der Waals surface area contributed by atoms with Crippen LogP contribution in [0.2, 0.25) is 0 Å². The molecule has 1 aromatic heterocycles. The number of hydrogen-bond donors (Lipinski definition) is 1. The molecule has 0 aliphatic carbocycles. The van der Waals surface area contributed by atoms with Crippen LogP contribution in [0.5, 0.6) is 5.88 Å². The number of aromatic nitrogens is 2. The normalized spacial score (nSPS) is 19.9. The van der Waals surface area contributed by atoms with Gasteiger partial charge in [-0.2, -0.15) is 0 Å². The summed E-state index contributed by atoms with van der Waals surface area (Å²) in [6.07, 6.45) is 2.29. The summed E-state index contributed by atoms with van der Waals surface area (Å²) in [6.45, 7) is 4.84. The number of halogens is 2. The summed E-state index contributed by atoms with van der Waals surface area (Å²) in [6, 6.07) is 14.4. The third-order valence-electron chi connectivity index (χ3n) is 4.88. The van der Waals surface area contributed by atoms with Gasteiger partial charge in [-0.05, 0) is 43.7 Å². The Bertz CT molecular complexity index is 896.